The predicted molar refractivity (Wildman–Crippen MR) is 107 cm³/mol. The molecule has 1 fully saturated rings. The van der Waals surface area contributed by atoms with Crippen LogP contribution in [0.5, 0.6) is 0 Å². The molecule has 0 unspecified atom stereocenters. The normalized spacial score (nSPS) is 20.6. The van der Waals surface area contributed by atoms with Gasteiger partial charge < -0.3 is 15.0 Å². The van der Waals surface area contributed by atoms with Crippen molar-refractivity contribution >= 4 is 5.82 Å². The third-order valence-electron chi connectivity index (χ3n) is 6.28. The molecule has 2 N–H and O–H groups in total. The highest BCUT2D eigenvalue weighted by atomic mass is 16.3. The van der Waals surface area contributed by atoms with Crippen LogP contribution in [0, 0.1) is 0 Å². The number of imidazole rings is 1. The lowest BCUT2D eigenvalue weighted by Crippen LogP contribution is -2.56. The minimum Gasteiger partial charge on any atom is -0.387 e. The van der Waals surface area contributed by atoms with Crippen LogP contribution in [0.4, 0.5) is 5.82 Å². The number of nitrogens with one attached hydrogen (secondary N) is 1. The van der Waals surface area contributed by atoms with E-state index < -0.39 is 6.10 Å². The van der Waals surface area contributed by atoms with Crippen LogP contribution in [0.2, 0.25) is 0 Å². The summed E-state index contributed by atoms with van der Waals surface area (Å²) in [5.74, 6) is 0.974. The molecule has 4 rings (SSSR count). The lowest BCUT2D eigenvalue weighted by Gasteiger charge is -2.51. The SMILES string of the molecule is CCCCN1CCc2[nH]cnc2C12CCN(c1cccc([C@H](C)O)n1)CC2. The summed E-state index contributed by atoms with van der Waals surface area (Å²) in [4.78, 5) is 17.9. The third-order valence-corrected chi connectivity index (χ3v) is 6.28. The first kappa shape index (κ1) is 18.4. The number of pyridine rings is 1. The predicted octanol–water partition coefficient (Wildman–Crippen LogP) is 3.01. The zero-order valence-electron chi connectivity index (χ0n) is 16.5. The molecule has 2 aromatic heterocycles. The number of hydrogen-bond acceptors (Lipinski definition) is 5. The average molecular weight is 370 g/mol. The first-order valence-corrected chi connectivity index (χ1v) is 10.3. The maximum absolute atomic E-state index is 9.85. The van der Waals surface area contributed by atoms with Gasteiger partial charge in [0.15, 0.2) is 0 Å². The Kier molecular flexibility index (Phi) is 5.19. The molecule has 1 atom stereocenters. The van der Waals surface area contributed by atoms with Gasteiger partial charge >= 0.3 is 0 Å². The second-order valence-corrected chi connectivity index (χ2v) is 7.94. The van der Waals surface area contributed by atoms with E-state index in [0.29, 0.717) is 0 Å². The number of hydrogen-bond donors (Lipinski definition) is 2. The molecule has 1 spiro atoms. The molecule has 146 valence electrons. The van der Waals surface area contributed by atoms with Gasteiger partial charge in [-0.15, -0.1) is 0 Å². The molecular formula is C21H31N5O. The number of aromatic amines is 1. The number of unbranched alkanes of at least 4 members (excludes halogenated alkanes) is 1. The molecule has 6 nitrogen and oxygen atoms in total. The van der Waals surface area contributed by atoms with Gasteiger partial charge in [-0.25, -0.2) is 9.97 Å². The smallest absolute Gasteiger partial charge is 0.128 e. The molecular weight excluding hydrogens is 338 g/mol. The number of aliphatic hydroxyl groups is 1. The lowest BCUT2D eigenvalue weighted by atomic mass is 9.78. The van der Waals surface area contributed by atoms with Gasteiger partial charge in [0.1, 0.15) is 5.82 Å². The summed E-state index contributed by atoms with van der Waals surface area (Å²) in [7, 11) is 0. The fourth-order valence-corrected chi connectivity index (χ4v) is 4.71. The van der Waals surface area contributed by atoms with Crippen LogP contribution in [0.25, 0.3) is 0 Å². The third kappa shape index (κ3) is 3.36. The number of nitrogens with zero attached hydrogens (tertiary/aromatic N) is 4. The van der Waals surface area contributed by atoms with Gasteiger partial charge in [-0.3, -0.25) is 4.90 Å². The molecule has 0 bridgehead atoms. The minimum absolute atomic E-state index is 0.0567. The van der Waals surface area contributed by atoms with E-state index in [2.05, 4.69) is 32.8 Å². The van der Waals surface area contributed by atoms with E-state index in [9.17, 15) is 5.11 Å². The van der Waals surface area contributed by atoms with Crippen molar-refractivity contribution < 1.29 is 5.11 Å². The number of aliphatic hydroxyl groups excluding tert-OH is 1. The second-order valence-electron chi connectivity index (χ2n) is 7.94. The fourth-order valence-electron chi connectivity index (χ4n) is 4.71. The van der Waals surface area contributed by atoms with E-state index in [-0.39, 0.29) is 5.54 Å². The summed E-state index contributed by atoms with van der Waals surface area (Å²) >= 11 is 0. The number of rotatable bonds is 5. The highest BCUT2D eigenvalue weighted by Crippen LogP contribution is 2.42. The summed E-state index contributed by atoms with van der Waals surface area (Å²) in [6.07, 6.45) is 7.00. The summed E-state index contributed by atoms with van der Waals surface area (Å²) in [5.41, 5.74) is 3.39. The van der Waals surface area contributed by atoms with E-state index in [1.807, 2.05) is 18.5 Å². The molecule has 0 aliphatic carbocycles. The molecule has 0 saturated carbocycles. The first-order chi connectivity index (χ1) is 13.1. The summed E-state index contributed by atoms with van der Waals surface area (Å²) in [5, 5.41) is 9.85. The van der Waals surface area contributed by atoms with Gasteiger partial charge in [-0.2, -0.15) is 0 Å². The standard InChI is InChI=1S/C21H31N5O/c1-3-4-11-26-12-8-18-20(23-15-22-18)21(26)9-13-25(14-10-21)19-7-5-6-17(24-19)16(2)27/h5-7,15-16,27H,3-4,8-14H2,1-2H3,(H,22,23)/t16-/m0/s1. The van der Waals surface area contributed by atoms with E-state index >= 15 is 0 Å². The van der Waals surface area contributed by atoms with E-state index in [0.717, 1.165) is 57.0 Å². The van der Waals surface area contributed by atoms with Crippen LogP contribution in [0.15, 0.2) is 24.5 Å². The maximum atomic E-state index is 9.85. The Hall–Kier alpha value is -1.92. The van der Waals surface area contributed by atoms with Crippen molar-refractivity contribution in [2.75, 3.05) is 31.1 Å². The fraction of sp³-hybridized carbons (Fsp3) is 0.619. The number of H-pyrrole nitrogens is 1. The quantitative estimate of drug-likeness (QED) is 0.848. The molecule has 2 aromatic rings. The van der Waals surface area contributed by atoms with Crippen LogP contribution in [-0.2, 0) is 12.0 Å². The monoisotopic (exact) mass is 369 g/mol. The maximum Gasteiger partial charge on any atom is 0.128 e. The molecule has 1 saturated heterocycles. The van der Waals surface area contributed by atoms with Crippen molar-refractivity contribution in [3.63, 3.8) is 0 Å². The molecule has 27 heavy (non-hydrogen) atoms. The lowest BCUT2D eigenvalue weighted by molar-refractivity contribution is 0.0430. The second kappa shape index (κ2) is 7.60. The van der Waals surface area contributed by atoms with Crippen molar-refractivity contribution in [2.45, 2.75) is 57.6 Å². The summed E-state index contributed by atoms with van der Waals surface area (Å²) in [6.45, 7) is 8.23. The molecule has 0 aromatic carbocycles. The molecule has 2 aliphatic rings. The average Bonchev–Trinajstić information content (AvgIpc) is 3.18. The summed E-state index contributed by atoms with van der Waals surface area (Å²) in [6, 6.07) is 5.94. The number of aromatic nitrogens is 3. The molecule has 0 radical (unpaired) electrons. The van der Waals surface area contributed by atoms with Crippen LogP contribution in [0.3, 0.4) is 0 Å². The first-order valence-electron chi connectivity index (χ1n) is 10.3. The highest BCUT2D eigenvalue weighted by molar-refractivity contribution is 5.41. The Morgan fingerprint density at radius 3 is 2.81 bits per heavy atom. The van der Waals surface area contributed by atoms with E-state index in [1.165, 1.54) is 24.2 Å². The largest absolute Gasteiger partial charge is 0.387 e. The van der Waals surface area contributed by atoms with Crippen molar-refractivity contribution in [3.05, 3.63) is 41.6 Å². The van der Waals surface area contributed by atoms with E-state index in [1.54, 1.807) is 6.92 Å². The van der Waals surface area contributed by atoms with Crippen LogP contribution in [-0.4, -0.2) is 51.1 Å². The van der Waals surface area contributed by atoms with Crippen molar-refractivity contribution in [2.24, 2.45) is 0 Å². The number of piperidine rings is 1. The Morgan fingerprint density at radius 2 is 2.07 bits per heavy atom. The van der Waals surface area contributed by atoms with E-state index in [4.69, 9.17) is 4.98 Å². The minimum atomic E-state index is -0.532. The van der Waals surface area contributed by atoms with Gasteiger partial charge in [0.05, 0.1) is 29.4 Å². The van der Waals surface area contributed by atoms with Crippen LogP contribution >= 0.6 is 0 Å². The Labute approximate surface area is 161 Å². The Bertz CT molecular complexity index is 763. The van der Waals surface area contributed by atoms with Crippen molar-refractivity contribution in [1.29, 1.82) is 0 Å². The Morgan fingerprint density at radius 1 is 1.26 bits per heavy atom. The zero-order valence-corrected chi connectivity index (χ0v) is 16.5. The zero-order chi connectivity index (χ0) is 18.9. The van der Waals surface area contributed by atoms with Gasteiger partial charge in [0, 0.05) is 31.7 Å². The van der Waals surface area contributed by atoms with Gasteiger partial charge in [0.25, 0.3) is 0 Å². The summed E-state index contributed by atoms with van der Waals surface area (Å²) < 4.78 is 0. The van der Waals surface area contributed by atoms with Crippen LogP contribution < -0.4 is 4.90 Å². The van der Waals surface area contributed by atoms with Gasteiger partial charge in [0.2, 0.25) is 0 Å². The molecule has 6 heteroatoms. The van der Waals surface area contributed by atoms with Crippen LogP contribution in [0.1, 0.15) is 62.7 Å². The number of fused-ring (bicyclic) bond motifs is 2. The topological polar surface area (TPSA) is 68.3 Å². The van der Waals surface area contributed by atoms with Gasteiger partial charge in [-0.05, 0) is 44.9 Å². The molecule has 4 heterocycles. The highest BCUT2D eigenvalue weighted by Gasteiger charge is 2.46. The Balaban J connectivity index is 1.56. The van der Waals surface area contributed by atoms with Gasteiger partial charge in [-0.1, -0.05) is 19.4 Å². The number of anilines is 1. The van der Waals surface area contributed by atoms with Crippen molar-refractivity contribution in [1.82, 2.24) is 19.9 Å². The molecule has 2 aliphatic heterocycles. The van der Waals surface area contributed by atoms with Crippen molar-refractivity contribution in [3.8, 4) is 0 Å². The molecule has 0 amide bonds.